The fourth-order valence-corrected chi connectivity index (χ4v) is 2.69. The predicted molar refractivity (Wildman–Crippen MR) is 83.7 cm³/mol. The maximum atomic E-state index is 6.28. The number of nitrogens with zero attached hydrogens (tertiary/aromatic N) is 4. The molecule has 0 unspecified atom stereocenters. The molecule has 0 fully saturated rings. The molecule has 2 heterocycles. The lowest BCUT2D eigenvalue weighted by atomic mass is 10.1. The first kappa shape index (κ1) is 12.6. The summed E-state index contributed by atoms with van der Waals surface area (Å²) in [4.78, 5) is 4.43. The molecule has 0 bridgehead atoms. The summed E-state index contributed by atoms with van der Waals surface area (Å²) in [5, 5.41) is 10.4. The van der Waals surface area contributed by atoms with Crippen LogP contribution in [0.25, 0.3) is 27.8 Å². The van der Waals surface area contributed by atoms with Crippen LogP contribution in [0.2, 0.25) is 10.2 Å². The van der Waals surface area contributed by atoms with Gasteiger partial charge in [0.2, 0.25) is 0 Å². The van der Waals surface area contributed by atoms with Crippen molar-refractivity contribution in [1.82, 2.24) is 19.8 Å². The van der Waals surface area contributed by atoms with Gasteiger partial charge in [0.15, 0.2) is 5.65 Å². The van der Waals surface area contributed by atoms with Gasteiger partial charge in [0.05, 0.1) is 5.52 Å². The molecular formula is C15H8Cl2N4. The van der Waals surface area contributed by atoms with Crippen LogP contribution in [0.3, 0.4) is 0 Å². The summed E-state index contributed by atoms with van der Waals surface area (Å²) in [6, 6.07) is 15.1. The highest BCUT2D eigenvalue weighted by molar-refractivity contribution is 6.34. The first-order valence-electron chi connectivity index (χ1n) is 6.29. The SMILES string of the molecule is Clc1ccc(-c2nnn3c2nc(Cl)c2ccccc23)cc1. The molecule has 6 heteroatoms. The monoisotopic (exact) mass is 314 g/mol. The Labute approximate surface area is 129 Å². The van der Waals surface area contributed by atoms with Crippen LogP contribution in [0.4, 0.5) is 0 Å². The van der Waals surface area contributed by atoms with E-state index in [1.165, 1.54) is 0 Å². The average molecular weight is 315 g/mol. The van der Waals surface area contributed by atoms with Gasteiger partial charge in [-0.2, -0.15) is 4.52 Å². The molecule has 2 aromatic heterocycles. The molecule has 4 aromatic rings. The lowest BCUT2D eigenvalue weighted by Gasteiger charge is -2.03. The molecule has 0 radical (unpaired) electrons. The second kappa shape index (κ2) is 4.69. The van der Waals surface area contributed by atoms with Crippen LogP contribution in [0.5, 0.6) is 0 Å². The zero-order valence-corrected chi connectivity index (χ0v) is 12.2. The van der Waals surface area contributed by atoms with Gasteiger partial charge in [0.1, 0.15) is 10.8 Å². The van der Waals surface area contributed by atoms with Gasteiger partial charge < -0.3 is 0 Å². The van der Waals surface area contributed by atoms with Crippen molar-refractivity contribution in [3.05, 3.63) is 58.7 Å². The van der Waals surface area contributed by atoms with Gasteiger partial charge in [-0.3, -0.25) is 0 Å². The molecule has 0 amide bonds. The Balaban J connectivity index is 2.06. The van der Waals surface area contributed by atoms with Crippen LogP contribution in [-0.2, 0) is 0 Å². The molecule has 0 aliphatic carbocycles. The number of aromatic nitrogens is 4. The van der Waals surface area contributed by atoms with Crippen LogP contribution >= 0.6 is 23.2 Å². The maximum absolute atomic E-state index is 6.28. The number of hydrogen-bond donors (Lipinski definition) is 0. The van der Waals surface area contributed by atoms with Gasteiger partial charge in [-0.05, 0) is 24.3 Å². The van der Waals surface area contributed by atoms with Crippen molar-refractivity contribution in [2.24, 2.45) is 0 Å². The zero-order chi connectivity index (χ0) is 14.4. The predicted octanol–water partition coefficient (Wildman–Crippen LogP) is 4.25. The summed E-state index contributed by atoms with van der Waals surface area (Å²) in [6.45, 7) is 0. The first-order chi connectivity index (χ1) is 10.2. The molecule has 102 valence electrons. The number of rotatable bonds is 1. The van der Waals surface area contributed by atoms with E-state index in [9.17, 15) is 0 Å². The average Bonchev–Trinajstić information content (AvgIpc) is 2.92. The van der Waals surface area contributed by atoms with E-state index in [-0.39, 0.29) is 0 Å². The summed E-state index contributed by atoms with van der Waals surface area (Å²) in [7, 11) is 0. The van der Waals surface area contributed by atoms with E-state index in [2.05, 4.69) is 15.3 Å². The third kappa shape index (κ3) is 1.95. The number of fused-ring (bicyclic) bond motifs is 3. The Morgan fingerprint density at radius 1 is 0.905 bits per heavy atom. The van der Waals surface area contributed by atoms with Gasteiger partial charge in [-0.15, -0.1) is 5.10 Å². The van der Waals surface area contributed by atoms with Crippen molar-refractivity contribution in [1.29, 1.82) is 0 Å². The maximum Gasteiger partial charge on any atom is 0.185 e. The topological polar surface area (TPSA) is 43.1 Å². The minimum absolute atomic E-state index is 0.440. The standard InChI is InChI=1S/C15H8Cl2N4/c16-10-7-5-9(6-8-10)13-15-18-14(17)11-3-1-2-4-12(11)21(15)20-19-13/h1-8H. The van der Waals surface area contributed by atoms with Crippen LogP contribution in [-0.4, -0.2) is 19.8 Å². The Hall–Kier alpha value is -2.17. The molecule has 2 aromatic carbocycles. The summed E-state index contributed by atoms with van der Waals surface area (Å²) in [6.07, 6.45) is 0. The molecule has 4 rings (SSSR count). The minimum atomic E-state index is 0.440. The van der Waals surface area contributed by atoms with Gasteiger partial charge in [0, 0.05) is 16.0 Å². The van der Waals surface area contributed by atoms with E-state index < -0.39 is 0 Å². The van der Waals surface area contributed by atoms with Crippen molar-refractivity contribution >= 4 is 39.8 Å². The summed E-state index contributed by atoms with van der Waals surface area (Å²) in [5.41, 5.74) is 3.08. The van der Waals surface area contributed by atoms with Crippen molar-refractivity contribution in [2.75, 3.05) is 0 Å². The molecule has 0 aliphatic heterocycles. The highest BCUT2D eigenvalue weighted by Crippen LogP contribution is 2.28. The summed E-state index contributed by atoms with van der Waals surface area (Å²) < 4.78 is 1.70. The quantitative estimate of drug-likeness (QED) is 0.493. The van der Waals surface area contributed by atoms with E-state index in [0.717, 1.165) is 16.5 Å². The van der Waals surface area contributed by atoms with E-state index in [1.807, 2.05) is 48.5 Å². The lowest BCUT2D eigenvalue weighted by Crippen LogP contribution is -1.94. The fourth-order valence-electron chi connectivity index (χ4n) is 2.32. The van der Waals surface area contributed by atoms with E-state index in [0.29, 0.717) is 21.5 Å². The first-order valence-corrected chi connectivity index (χ1v) is 7.05. The normalized spacial score (nSPS) is 11.3. The van der Waals surface area contributed by atoms with Crippen LogP contribution in [0.15, 0.2) is 48.5 Å². The fraction of sp³-hybridized carbons (Fsp3) is 0. The van der Waals surface area contributed by atoms with Crippen molar-refractivity contribution in [2.45, 2.75) is 0 Å². The molecule has 21 heavy (non-hydrogen) atoms. The summed E-state index contributed by atoms with van der Waals surface area (Å²) >= 11 is 12.2. The number of para-hydroxylation sites is 1. The number of hydrogen-bond acceptors (Lipinski definition) is 3. The lowest BCUT2D eigenvalue weighted by molar-refractivity contribution is 0.877. The van der Waals surface area contributed by atoms with Gasteiger partial charge in [-0.25, -0.2) is 4.98 Å². The van der Waals surface area contributed by atoms with E-state index in [4.69, 9.17) is 23.2 Å². The zero-order valence-electron chi connectivity index (χ0n) is 10.7. The van der Waals surface area contributed by atoms with Crippen LogP contribution in [0, 0.1) is 0 Å². The highest BCUT2D eigenvalue weighted by Gasteiger charge is 2.14. The molecule has 0 N–H and O–H groups in total. The second-order valence-electron chi connectivity index (χ2n) is 4.60. The van der Waals surface area contributed by atoms with Gasteiger partial charge >= 0.3 is 0 Å². The molecule has 0 aliphatic rings. The molecule has 0 saturated carbocycles. The van der Waals surface area contributed by atoms with Crippen molar-refractivity contribution in [3.63, 3.8) is 0 Å². The molecular weight excluding hydrogens is 307 g/mol. The van der Waals surface area contributed by atoms with E-state index in [1.54, 1.807) is 4.52 Å². The Kier molecular flexibility index (Phi) is 2.80. The molecule has 0 spiro atoms. The second-order valence-corrected chi connectivity index (χ2v) is 5.39. The minimum Gasteiger partial charge on any atom is -0.214 e. The summed E-state index contributed by atoms with van der Waals surface area (Å²) in [5.74, 6) is 0. The molecule has 4 nitrogen and oxygen atoms in total. The Morgan fingerprint density at radius 3 is 2.48 bits per heavy atom. The van der Waals surface area contributed by atoms with Gasteiger partial charge in [-0.1, -0.05) is 52.7 Å². The number of halogens is 2. The molecule has 0 saturated heterocycles. The van der Waals surface area contributed by atoms with E-state index >= 15 is 0 Å². The smallest absolute Gasteiger partial charge is 0.185 e. The van der Waals surface area contributed by atoms with Gasteiger partial charge in [0.25, 0.3) is 0 Å². The largest absolute Gasteiger partial charge is 0.214 e. The Morgan fingerprint density at radius 2 is 1.67 bits per heavy atom. The third-order valence-electron chi connectivity index (χ3n) is 3.32. The van der Waals surface area contributed by atoms with Crippen molar-refractivity contribution < 1.29 is 0 Å². The van der Waals surface area contributed by atoms with Crippen LogP contribution < -0.4 is 0 Å². The highest BCUT2D eigenvalue weighted by atomic mass is 35.5. The van der Waals surface area contributed by atoms with Crippen LogP contribution in [0.1, 0.15) is 0 Å². The third-order valence-corrected chi connectivity index (χ3v) is 3.86. The molecule has 0 atom stereocenters. The Bertz CT molecular complexity index is 961. The van der Waals surface area contributed by atoms with Crippen molar-refractivity contribution in [3.8, 4) is 11.3 Å². The number of benzene rings is 2.